The van der Waals surface area contributed by atoms with Gasteiger partial charge in [0.05, 0.1) is 11.7 Å². The molecule has 0 fully saturated rings. The first-order chi connectivity index (χ1) is 10.8. The van der Waals surface area contributed by atoms with Gasteiger partial charge in [0.1, 0.15) is 0 Å². The fourth-order valence-corrected chi connectivity index (χ4v) is 2.63. The zero-order chi connectivity index (χ0) is 15.2. The highest BCUT2D eigenvalue weighted by molar-refractivity contribution is 5.29. The van der Waals surface area contributed by atoms with Gasteiger partial charge in [-0.25, -0.2) is 0 Å². The first kappa shape index (κ1) is 14.5. The Kier molecular flexibility index (Phi) is 4.62. The fourth-order valence-electron chi connectivity index (χ4n) is 2.63. The molecule has 2 heteroatoms. The van der Waals surface area contributed by atoms with Gasteiger partial charge in [-0.1, -0.05) is 66.7 Å². The summed E-state index contributed by atoms with van der Waals surface area (Å²) in [5, 5.41) is 3.70. The number of hydrogen-bond acceptors (Lipinski definition) is 2. The van der Waals surface area contributed by atoms with Crippen molar-refractivity contribution in [1.82, 2.24) is 10.3 Å². The Morgan fingerprint density at radius 2 is 1.32 bits per heavy atom. The lowest BCUT2D eigenvalue weighted by Gasteiger charge is -2.24. The van der Waals surface area contributed by atoms with E-state index in [0.717, 1.165) is 5.69 Å². The van der Waals surface area contributed by atoms with E-state index < -0.39 is 0 Å². The van der Waals surface area contributed by atoms with Crippen molar-refractivity contribution in [3.05, 3.63) is 102 Å². The van der Waals surface area contributed by atoms with Gasteiger partial charge in [0.25, 0.3) is 0 Å². The van der Waals surface area contributed by atoms with E-state index in [0.29, 0.717) is 0 Å². The molecule has 1 aromatic heterocycles. The van der Waals surface area contributed by atoms with E-state index in [1.807, 2.05) is 30.5 Å². The normalized spacial score (nSPS) is 13.5. The third kappa shape index (κ3) is 3.41. The van der Waals surface area contributed by atoms with Crippen LogP contribution in [0.25, 0.3) is 0 Å². The van der Waals surface area contributed by atoms with E-state index in [4.69, 9.17) is 0 Å². The lowest BCUT2D eigenvalue weighted by molar-refractivity contribution is 0.508. The average molecular weight is 288 g/mol. The summed E-state index contributed by atoms with van der Waals surface area (Å²) in [6.45, 7) is 2.19. The predicted octanol–water partition coefficient (Wildman–Crippen LogP) is 4.52. The molecule has 0 aliphatic heterocycles. The van der Waals surface area contributed by atoms with E-state index in [-0.39, 0.29) is 12.1 Å². The molecule has 0 amide bonds. The second kappa shape index (κ2) is 7.01. The second-order valence-corrected chi connectivity index (χ2v) is 5.40. The minimum Gasteiger partial charge on any atom is -0.298 e. The molecule has 3 aromatic rings. The van der Waals surface area contributed by atoms with Crippen molar-refractivity contribution in [3.63, 3.8) is 0 Å². The first-order valence-electron chi connectivity index (χ1n) is 7.61. The molecule has 2 aromatic carbocycles. The van der Waals surface area contributed by atoms with Crippen LogP contribution in [0.2, 0.25) is 0 Å². The van der Waals surface area contributed by atoms with Crippen LogP contribution in [-0.4, -0.2) is 4.98 Å². The average Bonchev–Trinajstić information content (AvgIpc) is 2.62. The summed E-state index contributed by atoms with van der Waals surface area (Å²) in [6, 6.07) is 27.3. The summed E-state index contributed by atoms with van der Waals surface area (Å²) < 4.78 is 0. The molecule has 0 saturated carbocycles. The number of pyridine rings is 1. The lowest BCUT2D eigenvalue weighted by atomic mass is 10.00. The SMILES string of the molecule is C[C@H](N[C@@H](c1ccccc1)c1ccccn1)c1ccccc1. The van der Waals surface area contributed by atoms with Crippen molar-refractivity contribution in [1.29, 1.82) is 0 Å². The Bertz CT molecular complexity index is 641. The van der Waals surface area contributed by atoms with E-state index in [2.05, 4.69) is 71.8 Å². The number of nitrogens with zero attached hydrogens (tertiary/aromatic N) is 1. The van der Waals surface area contributed by atoms with Gasteiger partial charge >= 0.3 is 0 Å². The zero-order valence-electron chi connectivity index (χ0n) is 12.7. The Hall–Kier alpha value is -2.45. The van der Waals surface area contributed by atoms with Crippen LogP contribution >= 0.6 is 0 Å². The third-order valence-electron chi connectivity index (χ3n) is 3.83. The first-order valence-corrected chi connectivity index (χ1v) is 7.61. The van der Waals surface area contributed by atoms with Gasteiger partial charge in [0, 0.05) is 12.2 Å². The lowest BCUT2D eigenvalue weighted by Crippen LogP contribution is -2.26. The van der Waals surface area contributed by atoms with Crippen LogP contribution in [0, 0.1) is 0 Å². The van der Waals surface area contributed by atoms with E-state index in [9.17, 15) is 0 Å². The van der Waals surface area contributed by atoms with E-state index in [1.165, 1.54) is 11.1 Å². The molecular formula is C20H20N2. The molecule has 2 atom stereocenters. The molecule has 0 bridgehead atoms. The molecule has 2 nitrogen and oxygen atoms in total. The maximum Gasteiger partial charge on any atom is 0.0756 e. The fraction of sp³-hybridized carbons (Fsp3) is 0.150. The predicted molar refractivity (Wildman–Crippen MR) is 90.5 cm³/mol. The molecule has 0 spiro atoms. The second-order valence-electron chi connectivity index (χ2n) is 5.40. The van der Waals surface area contributed by atoms with Gasteiger partial charge in [-0.15, -0.1) is 0 Å². The number of nitrogens with one attached hydrogen (secondary N) is 1. The summed E-state index contributed by atoms with van der Waals surface area (Å²) >= 11 is 0. The van der Waals surface area contributed by atoms with E-state index in [1.54, 1.807) is 0 Å². The van der Waals surface area contributed by atoms with Crippen LogP contribution in [0.4, 0.5) is 0 Å². The van der Waals surface area contributed by atoms with Crippen LogP contribution in [0.5, 0.6) is 0 Å². The van der Waals surface area contributed by atoms with Crippen LogP contribution in [0.15, 0.2) is 85.1 Å². The molecule has 1 heterocycles. The van der Waals surface area contributed by atoms with Gasteiger partial charge in [-0.3, -0.25) is 10.3 Å². The number of hydrogen-bond donors (Lipinski definition) is 1. The highest BCUT2D eigenvalue weighted by Crippen LogP contribution is 2.24. The molecule has 0 radical (unpaired) electrons. The molecule has 0 unspecified atom stereocenters. The topological polar surface area (TPSA) is 24.9 Å². The number of rotatable bonds is 5. The van der Waals surface area contributed by atoms with Crippen molar-refractivity contribution in [3.8, 4) is 0 Å². The summed E-state index contributed by atoms with van der Waals surface area (Å²) in [6.07, 6.45) is 1.85. The quantitative estimate of drug-likeness (QED) is 0.746. The largest absolute Gasteiger partial charge is 0.298 e. The molecule has 1 N–H and O–H groups in total. The summed E-state index contributed by atoms with van der Waals surface area (Å²) in [5.74, 6) is 0. The molecule has 0 aliphatic rings. The van der Waals surface area contributed by atoms with Crippen molar-refractivity contribution < 1.29 is 0 Å². The molecular weight excluding hydrogens is 268 g/mol. The number of benzene rings is 2. The van der Waals surface area contributed by atoms with Crippen molar-refractivity contribution in [2.75, 3.05) is 0 Å². The smallest absolute Gasteiger partial charge is 0.0756 e. The zero-order valence-corrected chi connectivity index (χ0v) is 12.7. The summed E-state index contributed by atoms with van der Waals surface area (Å²) in [4.78, 5) is 4.54. The highest BCUT2D eigenvalue weighted by Gasteiger charge is 2.18. The minimum atomic E-state index is 0.0811. The highest BCUT2D eigenvalue weighted by atomic mass is 15.0. The Morgan fingerprint density at radius 3 is 1.91 bits per heavy atom. The van der Waals surface area contributed by atoms with Gasteiger partial charge in [-0.2, -0.15) is 0 Å². The van der Waals surface area contributed by atoms with Gasteiger partial charge in [-0.05, 0) is 30.2 Å². The molecule has 110 valence electrons. The maximum atomic E-state index is 4.54. The maximum absolute atomic E-state index is 4.54. The molecule has 0 aliphatic carbocycles. The van der Waals surface area contributed by atoms with Crippen LogP contribution < -0.4 is 5.32 Å². The summed E-state index contributed by atoms with van der Waals surface area (Å²) in [7, 11) is 0. The van der Waals surface area contributed by atoms with Gasteiger partial charge < -0.3 is 0 Å². The Morgan fingerprint density at radius 1 is 0.727 bits per heavy atom. The van der Waals surface area contributed by atoms with Crippen molar-refractivity contribution in [2.24, 2.45) is 0 Å². The molecule has 3 rings (SSSR count). The van der Waals surface area contributed by atoms with Crippen molar-refractivity contribution in [2.45, 2.75) is 19.0 Å². The van der Waals surface area contributed by atoms with Crippen LogP contribution in [0.3, 0.4) is 0 Å². The standard InChI is InChI=1S/C20H20N2/c1-16(17-10-4-2-5-11-17)22-20(18-12-6-3-7-13-18)19-14-8-9-15-21-19/h2-16,20,22H,1H3/t16-,20-/m0/s1. The van der Waals surface area contributed by atoms with E-state index >= 15 is 0 Å². The Labute approximate surface area is 131 Å². The van der Waals surface area contributed by atoms with Crippen molar-refractivity contribution >= 4 is 0 Å². The monoisotopic (exact) mass is 288 g/mol. The molecule has 0 saturated heterocycles. The Balaban J connectivity index is 1.90. The number of aromatic nitrogens is 1. The summed E-state index contributed by atoms with van der Waals surface area (Å²) in [5.41, 5.74) is 3.54. The van der Waals surface area contributed by atoms with Gasteiger partial charge in [0.15, 0.2) is 0 Å². The van der Waals surface area contributed by atoms with Crippen LogP contribution in [0.1, 0.15) is 35.8 Å². The molecule has 22 heavy (non-hydrogen) atoms. The third-order valence-corrected chi connectivity index (χ3v) is 3.83. The minimum absolute atomic E-state index is 0.0811. The van der Waals surface area contributed by atoms with Crippen LogP contribution in [-0.2, 0) is 0 Å². The van der Waals surface area contributed by atoms with Gasteiger partial charge in [0.2, 0.25) is 0 Å².